The number of nitrogens with one attached hydrogen (secondary N) is 1. The molecule has 2 rings (SSSR count). The lowest BCUT2D eigenvalue weighted by atomic mass is 10.0. The molecular formula is C20H22N2O8S. The molecule has 10 nitrogen and oxygen atoms in total. The Morgan fingerprint density at radius 2 is 1.84 bits per heavy atom. The maximum Gasteiger partial charge on any atom is 0.328 e. The second kappa shape index (κ2) is 10.5. The molecule has 1 aromatic carbocycles. The number of benzene rings is 1. The molecule has 0 saturated heterocycles. The van der Waals surface area contributed by atoms with E-state index < -0.39 is 48.6 Å². The topological polar surface area (TPSA) is 151 Å². The van der Waals surface area contributed by atoms with E-state index in [0.717, 1.165) is 14.2 Å². The highest BCUT2D eigenvalue weighted by Crippen LogP contribution is 2.38. The summed E-state index contributed by atoms with van der Waals surface area (Å²) in [5.41, 5.74) is 5.35. The monoisotopic (exact) mass is 450 g/mol. The van der Waals surface area contributed by atoms with Crippen LogP contribution in [0.25, 0.3) is 10.1 Å². The Hall–Kier alpha value is -3.47. The molecule has 0 radical (unpaired) electrons. The van der Waals surface area contributed by atoms with Crippen LogP contribution in [0.1, 0.15) is 28.6 Å². The minimum atomic E-state index is -1.25. The summed E-state index contributed by atoms with van der Waals surface area (Å²) in [6.45, 7) is 1.32. The van der Waals surface area contributed by atoms with E-state index in [2.05, 4.69) is 14.8 Å². The van der Waals surface area contributed by atoms with Crippen molar-refractivity contribution in [3.05, 3.63) is 28.6 Å². The van der Waals surface area contributed by atoms with Crippen LogP contribution in [0, 0.1) is 0 Å². The van der Waals surface area contributed by atoms with E-state index in [1.165, 1.54) is 11.3 Å². The number of hydrogen-bond donors (Lipinski definition) is 2. The lowest BCUT2D eigenvalue weighted by Gasteiger charge is -2.16. The van der Waals surface area contributed by atoms with Gasteiger partial charge in [-0.25, -0.2) is 4.79 Å². The first-order valence-electron chi connectivity index (χ1n) is 9.18. The third-order valence-electron chi connectivity index (χ3n) is 4.30. The Balaban J connectivity index is 2.25. The molecule has 0 aliphatic heterocycles. The van der Waals surface area contributed by atoms with Gasteiger partial charge in [0.2, 0.25) is 0 Å². The average molecular weight is 450 g/mol. The molecule has 11 heteroatoms. The first-order valence-corrected chi connectivity index (χ1v) is 10.00. The quantitative estimate of drug-likeness (QED) is 0.305. The molecule has 0 saturated carbocycles. The average Bonchev–Trinajstić information content (AvgIpc) is 3.14. The van der Waals surface area contributed by atoms with Crippen LogP contribution >= 0.6 is 11.3 Å². The SMILES string of the molecule is CCc1sc2cccc(OCC(=O)N[C@@H](CC(=O)OC)C(=O)OC)c2c1C(=O)C(N)=O. The number of Topliss-reactive ketones (excluding diaryl/α,β-unsaturated/α-hetero) is 1. The van der Waals surface area contributed by atoms with Crippen LogP contribution < -0.4 is 15.8 Å². The van der Waals surface area contributed by atoms with Crippen molar-refractivity contribution in [1.82, 2.24) is 5.32 Å². The number of amides is 2. The van der Waals surface area contributed by atoms with Crippen LogP contribution in [0.2, 0.25) is 0 Å². The van der Waals surface area contributed by atoms with Crippen LogP contribution in [-0.2, 0) is 35.1 Å². The third kappa shape index (κ3) is 5.57. The number of hydrogen-bond acceptors (Lipinski definition) is 9. The zero-order valence-electron chi connectivity index (χ0n) is 17.2. The van der Waals surface area contributed by atoms with Crippen molar-refractivity contribution >= 4 is 51.0 Å². The molecule has 1 heterocycles. The summed E-state index contributed by atoms with van der Waals surface area (Å²) in [5, 5.41) is 2.73. The third-order valence-corrected chi connectivity index (χ3v) is 5.60. The van der Waals surface area contributed by atoms with E-state index in [1.807, 2.05) is 6.92 Å². The molecule has 31 heavy (non-hydrogen) atoms. The van der Waals surface area contributed by atoms with Gasteiger partial charge in [-0.2, -0.15) is 0 Å². The van der Waals surface area contributed by atoms with E-state index in [9.17, 15) is 24.0 Å². The number of rotatable bonds is 10. The molecule has 0 unspecified atom stereocenters. The van der Waals surface area contributed by atoms with Crippen LogP contribution in [0.5, 0.6) is 5.75 Å². The fraction of sp³-hybridized carbons (Fsp3) is 0.350. The van der Waals surface area contributed by atoms with Gasteiger partial charge in [0, 0.05) is 15.0 Å². The number of esters is 2. The number of carbonyl (C=O) groups excluding carboxylic acids is 5. The van der Waals surface area contributed by atoms with Gasteiger partial charge in [-0.05, 0) is 18.6 Å². The zero-order chi connectivity index (χ0) is 23.1. The molecule has 0 bridgehead atoms. The molecule has 2 amide bonds. The van der Waals surface area contributed by atoms with Crippen LogP contribution in [0.15, 0.2) is 18.2 Å². The zero-order valence-corrected chi connectivity index (χ0v) is 18.0. The second-order valence-electron chi connectivity index (χ2n) is 6.29. The molecule has 1 atom stereocenters. The maximum atomic E-state index is 12.4. The molecule has 3 N–H and O–H groups in total. The van der Waals surface area contributed by atoms with E-state index >= 15 is 0 Å². The normalized spacial score (nSPS) is 11.5. The van der Waals surface area contributed by atoms with Gasteiger partial charge in [0.1, 0.15) is 11.8 Å². The highest BCUT2D eigenvalue weighted by atomic mass is 32.1. The van der Waals surface area contributed by atoms with Gasteiger partial charge in [0.25, 0.3) is 17.6 Å². The van der Waals surface area contributed by atoms with Crippen LogP contribution in [-0.4, -0.2) is 56.4 Å². The Kier molecular flexibility index (Phi) is 8.08. The largest absolute Gasteiger partial charge is 0.483 e. The lowest BCUT2D eigenvalue weighted by Crippen LogP contribution is -2.44. The number of fused-ring (bicyclic) bond motifs is 1. The lowest BCUT2D eigenvalue weighted by molar-refractivity contribution is -0.150. The number of methoxy groups -OCH3 is 2. The summed E-state index contributed by atoms with van der Waals surface area (Å²) in [4.78, 5) is 60.1. The van der Waals surface area contributed by atoms with Crippen molar-refractivity contribution in [3.8, 4) is 5.75 Å². The van der Waals surface area contributed by atoms with Gasteiger partial charge in [0.05, 0.1) is 26.2 Å². The smallest absolute Gasteiger partial charge is 0.328 e. The number of carbonyl (C=O) groups is 5. The number of primary amides is 1. The Bertz CT molecular complexity index is 1030. The van der Waals surface area contributed by atoms with Gasteiger partial charge in [-0.15, -0.1) is 11.3 Å². The van der Waals surface area contributed by atoms with Crippen molar-refractivity contribution < 1.29 is 38.2 Å². The molecule has 166 valence electrons. The van der Waals surface area contributed by atoms with Crippen molar-refractivity contribution in [2.75, 3.05) is 20.8 Å². The van der Waals surface area contributed by atoms with Crippen LogP contribution in [0.4, 0.5) is 0 Å². The first kappa shape index (κ1) is 23.8. The van der Waals surface area contributed by atoms with E-state index in [-0.39, 0.29) is 11.3 Å². The summed E-state index contributed by atoms with van der Waals surface area (Å²) >= 11 is 1.32. The van der Waals surface area contributed by atoms with Crippen molar-refractivity contribution in [1.29, 1.82) is 0 Å². The number of aryl methyl sites for hydroxylation is 1. The first-order chi connectivity index (χ1) is 14.7. The van der Waals surface area contributed by atoms with Crippen LogP contribution in [0.3, 0.4) is 0 Å². The standard InChI is InChI=1S/C20H22N2O8S/c1-4-12-17(18(25)19(21)26)16-11(6-5-7-13(16)31-12)30-9-14(23)22-10(20(27)29-3)8-15(24)28-2/h5-7,10H,4,8-9H2,1-3H3,(H2,21,26)(H,22,23)/t10-/m0/s1. The van der Waals surface area contributed by atoms with E-state index in [4.69, 9.17) is 10.5 Å². The molecule has 0 aliphatic rings. The second-order valence-corrected chi connectivity index (χ2v) is 7.43. The minimum absolute atomic E-state index is 0.157. The van der Waals surface area contributed by atoms with Gasteiger partial charge in [-0.3, -0.25) is 19.2 Å². The summed E-state index contributed by atoms with van der Waals surface area (Å²) in [6.07, 6.45) is 0.0914. The van der Waals surface area contributed by atoms with E-state index in [1.54, 1.807) is 18.2 Å². The Morgan fingerprint density at radius 3 is 2.42 bits per heavy atom. The molecular weight excluding hydrogens is 428 g/mol. The van der Waals surface area contributed by atoms with Crippen molar-refractivity contribution in [2.45, 2.75) is 25.8 Å². The Morgan fingerprint density at radius 1 is 1.13 bits per heavy atom. The Labute approximate surface area is 181 Å². The number of thiophene rings is 1. The van der Waals surface area contributed by atoms with Gasteiger partial charge in [-0.1, -0.05) is 13.0 Å². The predicted molar refractivity (Wildman–Crippen MR) is 111 cm³/mol. The number of nitrogens with two attached hydrogens (primary N) is 1. The highest BCUT2D eigenvalue weighted by molar-refractivity contribution is 7.19. The fourth-order valence-corrected chi connectivity index (χ4v) is 4.02. The van der Waals surface area contributed by atoms with E-state index in [0.29, 0.717) is 21.4 Å². The number of ether oxygens (including phenoxy) is 3. The minimum Gasteiger partial charge on any atom is -0.483 e. The summed E-state index contributed by atoms with van der Waals surface area (Å²) < 4.78 is 15.4. The van der Waals surface area contributed by atoms with Crippen molar-refractivity contribution in [2.24, 2.45) is 5.73 Å². The summed E-state index contributed by atoms with van der Waals surface area (Å²) in [7, 11) is 2.27. The van der Waals surface area contributed by atoms with Gasteiger partial charge >= 0.3 is 11.9 Å². The molecule has 0 spiro atoms. The molecule has 0 fully saturated rings. The number of ketones is 1. The van der Waals surface area contributed by atoms with Gasteiger partial charge in [0.15, 0.2) is 6.61 Å². The predicted octanol–water partition coefficient (Wildman–Crippen LogP) is 0.731. The molecule has 0 aliphatic carbocycles. The van der Waals surface area contributed by atoms with Gasteiger partial charge < -0.3 is 25.3 Å². The molecule has 2 aromatic rings. The summed E-state index contributed by atoms with van der Waals surface area (Å²) in [6, 6.07) is 3.74. The fourth-order valence-electron chi connectivity index (χ4n) is 2.86. The maximum absolute atomic E-state index is 12.4. The molecule has 1 aromatic heterocycles. The van der Waals surface area contributed by atoms with Crippen molar-refractivity contribution in [3.63, 3.8) is 0 Å². The highest BCUT2D eigenvalue weighted by Gasteiger charge is 2.27. The summed E-state index contributed by atoms with van der Waals surface area (Å²) in [5.74, 6) is -3.96.